The summed E-state index contributed by atoms with van der Waals surface area (Å²) in [5.41, 5.74) is 0.459. The number of hydrogen-bond donors (Lipinski definition) is 1. The van der Waals surface area contributed by atoms with Crippen molar-refractivity contribution in [2.75, 3.05) is 24.5 Å². The lowest BCUT2D eigenvalue weighted by molar-refractivity contribution is 0.237. The summed E-state index contributed by atoms with van der Waals surface area (Å²) in [6.45, 7) is 8.43. The standard InChI is InChI=1S/C13H20N2S/c1-13(2)9-14-11-5-6-15(8-10(11)13)12-4-3-7-16-12/h3-4,7,10-11,14H,5-6,8-9H2,1-2H3. The number of rotatable bonds is 1. The molecule has 1 N–H and O–H groups in total. The number of piperidine rings is 1. The van der Waals surface area contributed by atoms with E-state index in [4.69, 9.17) is 0 Å². The number of fused-ring (bicyclic) bond motifs is 1. The second kappa shape index (κ2) is 3.74. The number of thiophene rings is 1. The number of anilines is 1. The molecule has 0 bridgehead atoms. The molecule has 2 saturated heterocycles. The average Bonchev–Trinajstić information content (AvgIpc) is 2.87. The fourth-order valence-corrected chi connectivity index (χ4v) is 3.93. The van der Waals surface area contributed by atoms with Crippen molar-refractivity contribution >= 4 is 16.3 Å². The van der Waals surface area contributed by atoms with Crippen molar-refractivity contribution in [3.8, 4) is 0 Å². The molecular formula is C13H20N2S. The molecule has 2 unspecified atom stereocenters. The second-order valence-electron chi connectivity index (χ2n) is 5.77. The third-order valence-electron chi connectivity index (χ3n) is 4.25. The molecule has 0 aromatic carbocycles. The van der Waals surface area contributed by atoms with Crippen molar-refractivity contribution in [2.24, 2.45) is 11.3 Å². The lowest BCUT2D eigenvalue weighted by Gasteiger charge is -2.40. The molecule has 0 saturated carbocycles. The normalized spacial score (nSPS) is 32.8. The van der Waals surface area contributed by atoms with Gasteiger partial charge in [0.1, 0.15) is 0 Å². The van der Waals surface area contributed by atoms with Crippen molar-refractivity contribution in [1.82, 2.24) is 5.32 Å². The zero-order valence-corrected chi connectivity index (χ0v) is 10.9. The average molecular weight is 236 g/mol. The van der Waals surface area contributed by atoms with Crippen LogP contribution in [0.5, 0.6) is 0 Å². The Labute approximate surface area is 102 Å². The van der Waals surface area contributed by atoms with E-state index >= 15 is 0 Å². The van der Waals surface area contributed by atoms with E-state index < -0.39 is 0 Å². The van der Waals surface area contributed by atoms with Crippen LogP contribution in [0.25, 0.3) is 0 Å². The van der Waals surface area contributed by atoms with Gasteiger partial charge in [0.25, 0.3) is 0 Å². The van der Waals surface area contributed by atoms with E-state index in [0.29, 0.717) is 5.41 Å². The summed E-state index contributed by atoms with van der Waals surface area (Å²) >= 11 is 1.87. The molecule has 0 spiro atoms. The molecule has 2 aliphatic rings. The molecule has 0 amide bonds. The van der Waals surface area contributed by atoms with Gasteiger partial charge in [0.05, 0.1) is 5.00 Å². The molecule has 0 radical (unpaired) electrons. The molecule has 2 fully saturated rings. The Kier molecular flexibility index (Phi) is 2.48. The summed E-state index contributed by atoms with van der Waals surface area (Å²) in [7, 11) is 0. The molecule has 16 heavy (non-hydrogen) atoms. The summed E-state index contributed by atoms with van der Waals surface area (Å²) in [6.07, 6.45) is 1.30. The van der Waals surface area contributed by atoms with Crippen LogP contribution < -0.4 is 10.2 Å². The van der Waals surface area contributed by atoms with E-state index in [2.05, 4.69) is 41.6 Å². The van der Waals surface area contributed by atoms with Gasteiger partial charge in [-0.05, 0) is 35.3 Å². The van der Waals surface area contributed by atoms with Crippen LogP contribution in [0.3, 0.4) is 0 Å². The van der Waals surface area contributed by atoms with Gasteiger partial charge >= 0.3 is 0 Å². The maximum absolute atomic E-state index is 3.69. The van der Waals surface area contributed by atoms with Gasteiger partial charge in [0.2, 0.25) is 0 Å². The van der Waals surface area contributed by atoms with Gasteiger partial charge in [0.15, 0.2) is 0 Å². The molecular weight excluding hydrogens is 216 g/mol. The van der Waals surface area contributed by atoms with Crippen molar-refractivity contribution < 1.29 is 0 Å². The maximum Gasteiger partial charge on any atom is 0.0908 e. The fourth-order valence-electron chi connectivity index (χ4n) is 3.16. The summed E-state index contributed by atoms with van der Waals surface area (Å²) in [4.78, 5) is 2.57. The van der Waals surface area contributed by atoms with Crippen molar-refractivity contribution in [1.29, 1.82) is 0 Å². The Morgan fingerprint density at radius 3 is 3.12 bits per heavy atom. The predicted molar refractivity (Wildman–Crippen MR) is 70.2 cm³/mol. The minimum absolute atomic E-state index is 0.459. The molecule has 3 heteroatoms. The van der Waals surface area contributed by atoms with E-state index in [0.717, 1.165) is 12.0 Å². The Morgan fingerprint density at radius 2 is 2.38 bits per heavy atom. The molecule has 2 nitrogen and oxygen atoms in total. The highest BCUT2D eigenvalue weighted by atomic mass is 32.1. The van der Waals surface area contributed by atoms with Crippen LogP contribution in [-0.4, -0.2) is 25.7 Å². The summed E-state index contributed by atoms with van der Waals surface area (Å²) < 4.78 is 0. The van der Waals surface area contributed by atoms with Crippen molar-refractivity contribution in [3.63, 3.8) is 0 Å². The molecule has 0 aliphatic carbocycles. The second-order valence-corrected chi connectivity index (χ2v) is 6.69. The quantitative estimate of drug-likeness (QED) is 0.806. The first-order valence-corrected chi connectivity index (χ1v) is 7.07. The smallest absolute Gasteiger partial charge is 0.0908 e. The first-order valence-electron chi connectivity index (χ1n) is 6.19. The van der Waals surface area contributed by atoms with E-state index in [1.807, 2.05) is 11.3 Å². The van der Waals surface area contributed by atoms with Gasteiger partial charge in [-0.25, -0.2) is 0 Å². The number of nitrogens with zero attached hydrogens (tertiary/aromatic N) is 1. The zero-order chi connectivity index (χ0) is 11.2. The van der Waals surface area contributed by atoms with Crippen molar-refractivity contribution in [2.45, 2.75) is 26.3 Å². The third-order valence-corrected chi connectivity index (χ3v) is 5.18. The topological polar surface area (TPSA) is 15.3 Å². The Balaban J connectivity index is 1.78. The monoisotopic (exact) mass is 236 g/mol. The van der Waals surface area contributed by atoms with Gasteiger partial charge in [-0.15, -0.1) is 11.3 Å². The van der Waals surface area contributed by atoms with Gasteiger partial charge in [-0.1, -0.05) is 13.8 Å². The van der Waals surface area contributed by atoms with E-state index in [1.54, 1.807) is 0 Å². The van der Waals surface area contributed by atoms with Crippen LogP contribution in [0, 0.1) is 11.3 Å². The first kappa shape index (κ1) is 10.6. The molecule has 1 aromatic rings. The van der Waals surface area contributed by atoms with Crippen LogP contribution >= 0.6 is 11.3 Å². The van der Waals surface area contributed by atoms with Crippen LogP contribution in [0.1, 0.15) is 20.3 Å². The van der Waals surface area contributed by atoms with Gasteiger partial charge in [0, 0.05) is 25.7 Å². The van der Waals surface area contributed by atoms with Gasteiger partial charge < -0.3 is 10.2 Å². The minimum atomic E-state index is 0.459. The molecule has 3 rings (SSSR count). The lowest BCUT2D eigenvalue weighted by Crippen LogP contribution is -2.46. The van der Waals surface area contributed by atoms with Gasteiger partial charge in [-0.3, -0.25) is 0 Å². The highest BCUT2D eigenvalue weighted by Crippen LogP contribution is 2.40. The Morgan fingerprint density at radius 1 is 1.50 bits per heavy atom. The molecule has 2 atom stereocenters. The van der Waals surface area contributed by atoms with E-state index in [9.17, 15) is 0 Å². The largest absolute Gasteiger partial charge is 0.363 e. The van der Waals surface area contributed by atoms with Crippen molar-refractivity contribution in [3.05, 3.63) is 17.5 Å². The van der Waals surface area contributed by atoms with Crippen LogP contribution in [0.15, 0.2) is 17.5 Å². The van der Waals surface area contributed by atoms with Gasteiger partial charge in [-0.2, -0.15) is 0 Å². The third kappa shape index (κ3) is 1.66. The summed E-state index contributed by atoms with van der Waals surface area (Å²) in [6, 6.07) is 5.16. The predicted octanol–water partition coefficient (Wildman–Crippen LogP) is 2.57. The number of nitrogens with one attached hydrogen (secondary N) is 1. The first-order chi connectivity index (χ1) is 7.67. The number of hydrogen-bond acceptors (Lipinski definition) is 3. The summed E-state index contributed by atoms with van der Waals surface area (Å²) in [5.74, 6) is 0.809. The van der Waals surface area contributed by atoms with E-state index in [1.165, 1.54) is 31.1 Å². The van der Waals surface area contributed by atoms with Crippen LogP contribution in [0.4, 0.5) is 5.00 Å². The maximum atomic E-state index is 3.69. The molecule has 88 valence electrons. The zero-order valence-electron chi connectivity index (χ0n) is 10.1. The van der Waals surface area contributed by atoms with Crippen LogP contribution in [-0.2, 0) is 0 Å². The molecule has 3 heterocycles. The highest BCUT2D eigenvalue weighted by molar-refractivity contribution is 7.14. The minimum Gasteiger partial charge on any atom is -0.363 e. The Bertz CT molecular complexity index is 358. The molecule has 2 aliphatic heterocycles. The highest BCUT2D eigenvalue weighted by Gasteiger charge is 2.44. The SMILES string of the molecule is CC1(C)CNC2CCN(c3cccs3)CC21. The molecule has 1 aromatic heterocycles. The van der Waals surface area contributed by atoms with Crippen LogP contribution in [0.2, 0.25) is 0 Å². The summed E-state index contributed by atoms with van der Waals surface area (Å²) in [5, 5.41) is 7.32. The Hall–Kier alpha value is -0.540. The van der Waals surface area contributed by atoms with E-state index in [-0.39, 0.29) is 0 Å². The fraction of sp³-hybridized carbons (Fsp3) is 0.692. The lowest BCUT2D eigenvalue weighted by atomic mass is 9.76.